The van der Waals surface area contributed by atoms with Gasteiger partial charge in [0.05, 0.1) is 7.11 Å². The molecule has 0 aliphatic heterocycles. The van der Waals surface area contributed by atoms with Crippen molar-refractivity contribution >= 4 is 11.8 Å². The Kier molecular flexibility index (Phi) is 4.18. The second-order valence-electron chi connectivity index (χ2n) is 4.13. The summed E-state index contributed by atoms with van der Waals surface area (Å²) in [6, 6.07) is 10.0. The molecule has 0 amide bonds. The number of hydrogen-bond donors (Lipinski definition) is 2. The van der Waals surface area contributed by atoms with Gasteiger partial charge in [-0.15, -0.1) is 0 Å². The molecular formula is C14H18N4O. The number of aryl methyl sites for hydroxylation is 1. The number of benzene rings is 1. The maximum absolute atomic E-state index is 5.62. The van der Waals surface area contributed by atoms with Crippen LogP contribution in [0.3, 0.4) is 0 Å². The smallest absolute Gasteiger partial charge is 0.225 e. The average molecular weight is 258 g/mol. The second-order valence-corrected chi connectivity index (χ2v) is 4.13. The van der Waals surface area contributed by atoms with Crippen molar-refractivity contribution in [2.24, 2.45) is 0 Å². The lowest BCUT2D eigenvalue weighted by molar-refractivity contribution is 0.398. The maximum Gasteiger partial charge on any atom is 0.225 e. The molecule has 0 saturated heterocycles. The minimum absolute atomic E-state index is 0.200. The third kappa shape index (κ3) is 3.34. The standard InChI is InChI=1S/C14H18N4O/c1-3-10-6-4-5-7-11(10)9-16-12-8-13(19-2)18-14(15)17-12/h4-8H,3,9H2,1-2H3,(H3,15,16,17,18). The molecule has 2 rings (SSSR count). The molecule has 0 aliphatic carbocycles. The molecule has 0 radical (unpaired) electrons. The number of nitrogens with zero attached hydrogens (tertiary/aromatic N) is 2. The number of anilines is 2. The number of hydrogen-bond acceptors (Lipinski definition) is 5. The predicted molar refractivity (Wildman–Crippen MR) is 76.1 cm³/mol. The summed E-state index contributed by atoms with van der Waals surface area (Å²) in [5.74, 6) is 1.32. The Morgan fingerprint density at radius 3 is 2.63 bits per heavy atom. The first-order valence-electron chi connectivity index (χ1n) is 6.22. The highest BCUT2D eigenvalue weighted by Crippen LogP contribution is 2.16. The SMILES string of the molecule is CCc1ccccc1CNc1cc(OC)nc(N)n1. The molecule has 1 aromatic heterocycles. The largest absolute Gasteiger partial charge is 0.481 e. The second kappa shape index (κ2) is 6.04. The number of nitrogens with two attached hydrogens (primary N) is 1. The third-order valence-corrected chi connectivity index (χ3v) is 2.89. The highest BCUT2D eigenvalue weighted by molar-refractivity contribution is 5.44. The summed E-state index contributed by atoms with van der Waals surface area (Å²) >= 11 is 0. The van der Waals surface area contributed by atoms with Crippen LogP contribution in [0.1, 0.15) is 18.1 Å². The van der Waals surface area contributed by atoms with Gasteiger partial charge in [-0.3, -0.25) is 0 Å². The van der Waals surface area contributed by atoms with Crippen LogP contribution in [0.4, 0.5) is 11.8 Å². The fourth-order valence-corrected chi connectivity index (χ4v) is 1.90. The molecule has 0 saturated carbocycles. The molecule has 1 aromatic carbocycles. The average Bonchev–Trinajstić information content (AvgIpc) is 2.44. The van der Waals surface area contributed by atoms with E-state index < -0.39 is 0 Å². The van der Waals surface area contributed by atoms with Gasteiger partial charge in [0.15, 0.2) is 0 Å². The molecule has 100 valence electrons. The Morgan fingerprint density at radius 2 is 1.95 bits per heavy atom. The van der Waals surface area contributed by atoms with E-state index >= 15 is 0 Å². The predicted octanol–water partition coefficient (Wildman–Crippen LogP) is 2.24. The topological polar surface area (TPSA) is 73.1 Å². The quantitative estimate of drug-likeness (QED) is 0.860. The molecule has 0 bridgehead atoms. The molecule has 0 aliphatic rings. The first-order valence-corrected chi connectivity index (χ1v) is 6.22. The summed E-state index contributed by atoms with van der Waals surface area (Å²) in [4.78, 5) is 8.07. The first-order chi connectivity index (χ1) is 9.22. The van der Waals surface area contributed by atoms with Gasteiger partial charge in [-0.2, -0.15) is 9.97 Å². The minimum Gasteiger partial charge on any atom is -0.481 e. The zero-order chi connectivity index (χ0) is 13.7. The van der Waals surface area contributed by atoms with E-state index in [4.69, 9.17) is 10.5 Å². The fourth-order valence-electron chi connectivity index (χ4n) is 1.90. The van der Waals surface area contributed by atoms with Crippen LogP contribution in [0.25, 0.3) is 0 Å². The molecule has 3 N–H and O–H groups in total. The van der Waals surface area contributed by atoms with E-state index in [-0.39, 0.29) is 5.95 Å². The summed E-state index contributed by atoms with van der Waals surface area (Å²) in [7, 11) is 1.55. The third-order valence-electron chi connectivity index (χ3n) is 2.89. The van der Waals surface area contributed by atoms with Crippen LogP contribution in [-0.2, 0) is 13.0 Å². The molecule has 5 heteroatoms. The molecular weight excluding hydrogens is 240 g/mol. The van der Waals surface area contributed by atoms with E-state index in [0.29, 0.717) is 18.2 Å². The van der Waals surface area contributed by atoms with Crippen molar-refractivity contribution in [2.45, 2.75) is 19.9 Å². The van der Waals surface area contributed by atoms with Crippen molar-refractivity contribution in [1.29, 1.82) is 0 Å². The lowest BCUT2D eigenvalue weighted by Gasteiger charge is -2.10. The van der Waals surface area contributed by atoms with E-state index in [0.717, 1.165) is 6.42 Å². The number of nitrogens with one attached hydrogen (secondary N) is 1. The monoisotopic (exact) mass is 258 g/mol. The highest BCUT2D eigenvalue weighted by atomic mass is 16.5. The van der Waals surface area contributed by atoms with Gasteiger partial charge < -0.3 is 15.8 Å². The zero-order valence-corrected chi connectivity index (χ0v) is 11.2. The molecule has 5 nitrogen and oxygen atoms in total. The number of nitrogen functional groups attached to an aromatic ring is 1. The van der Waals surface area contributed by atoms with E-state index in [2.05, 4.69) is 34.3 Å². The van der Waals surface area contributed by atoms with Gasteiger partial charge in [-0.05, 0) is 17.5 Å². The minimum atomic E-state index is 0.200. The summed E-state index contributed by atoms with van der Waals surface area (Å²) in [6.07, 6.45) is 1.01. The van der Waals surface area contributed by atoms with Gasteiger partial charge >= 0.3 is 0 Å². The molecule has 19 heavy (non-hydrogen) atoms. The van der Waals surface area contributed by atoms with E-state index in [1.807, 2.05) is 12.1 Å². The van der Waals surface area contributed by atoms with Crippen molar-refractivity contribution in [1.82, 2.24) is 9.97 Å². The first kappa shape index (κ1) is 13.1. The highest BCUT2D eigenvalue weighted by Gasteiger charge is 2.04. The van der Waals surface area contributed by atoms with Crippen molar-refractivity contribution in [3.8, 4) is 5.88 Å². The van der Waals surface area contributed by atoms with Crippen LogP contribution in [0.15, 0.2) is 30.3 Å². The fraction of sp³-hybridized carbons (Fsp3) is 0.286. The van der Waals surface area contributed by atoms with Crippen LogP contribution in [-0.4, -0.2) is 17.1 Å². The summed E-state index contributed by atoms with van der Waals surface area (Å²) in [6.45, 7) is 2.84. The van der Waals surface area contributed by atoms with Gasteiger partial charge in [0, 0.05) is 12.6 Å². The number of aromatic nitrogens is 2. The lowest BCUT2D eigenvalue weighted by Crippen LogP contribution is -2.06. The van der Waals surface area contributed by atoms with Crippen molar-refractivity contribution in [3.05, 3.63) is 41.5 Å². The summed E-state index contributed by atoms with van der Waals surface area (Å²) in [5.41, 5.74) is 8.19. The zero-order valence-electron chi connectivity index (χ0n) is 11.2. The Bertz CT molecular complexity index is 557. The van der Waals surface area contributed by atoms with Crippen molar-refractivity contribution in [2.75, 3.05) is 18.2 Å². The van der Waals surface area contributed by atoms with E-state index in [9.17, 15) is 0 Å². The van der Waals surface area contributed by atoms with Crippen LogP contribution in [0.5, 0.6) is 5.88 Å². The van der Waals surface area contributed by atoms with Gasteiger partial charge in [-0.25, -0.2) is 0 Å². The molecule has 0 fully saturated rings. The normalized spacial score (nSPS) is 10.2. The molecule has 0 spiro atoms. The lowest BCUT2D eigenvalue weighted by atomic mass is 10.1. The molecule has 0 atom stereocenters. The van der Waals surface area contributed by atoms with Gasteiger partial charge in [0.25, 0.3) is 0 Å². The van der Waals surface area contributed by atoms with Gasteiger partial charge in [0.1, 0.15) is 5.82 Å². The van der Waals surface area contributed by atoms with Crippen molar-refractivity contribution in [3.63, 3.8) is 0 Å². The summed E-state index contributed by atoms with van der Waals surface area (Å²) < 4.78 is 5.06. The van der Waals surface area contributed by atoms with E-state index in [1.54, 1.807) is 13.2 Å². The number of methoxy groups -OCH3 is 1. The van der Waals surface area contributed by atoms with Gasteiger partial charge in [0.2, 0.25) is 11.8 Å². The molecule has 0 unspecified atom stereocenters. The van der Waals surface area contributed by atoms with Crippen molar-refractivity contribution < 1.29 is 4.74 Å². The Morgan fingerprint density at radius 1 is 1.21 bits per heavy atom. The number of ether oxygens (including phenoxy) is 1. The van der Waals surface area contributed by atoms with Crippen LogP contribution >= 0.6 is 0 Å². The van der Waals surface area contributed by atoms with Crippen LogP contribution < -0.4 is 15.8 Å². The summed E-state index contributed by atoms with van der Waals surface area (Å²) in [5, 5.41) is 3.24. The number of rotatable bonds is 5. The van der Waals surface area contributed by atoms with Gasteiger partial charge in [-0.1, -0.05) is 31.2 Å². The Labute approximate surface area is 112 Å². The molecule has 2 aromatic rings. The maximum atomic E-state index is 5.62. The van der Waals surface area contributed by atoms with Crippen LogP contribution in [0, 0.1) is 0 Å². The van der Waals surface area contributed by atoms with Crippen LogP contribution in [0.2, 0.25) is 0 Å². The Hall–Kier alpha value is -2.30. The van der Waals surface area contributed by atoms with E-state index in [1.165, 1.54) is 11.1 Å². The molecule has 1 heterocycles. The Balaban J connectivity index is 2.12.